The Labute approximate surface area is 241 Å². The van der Waals surface area contributed by atoms with Gasteiger partial charge >= 0.3 is 6.18 Å². The first-order valence-corrected chi connectivity index (χ1v) is 14.0. The van der Waals surface area contributed by atoms with Gasteiger partial charge in [0, 0.05) is 38.1 Å². The number of alkyl halides is 3. The normalized spacial score (nSPS) is 11.8. The van der Waals surface area contributed by atoms with Crippen molar-refractivity contribution in [3.63, 3.8) is 0 Å². The predicted octanol–water partition coefficient (Wildman–Crippen LogP) is 6.71. The highest BCUT2D eigenvalue weighted by atomic mass is 32.1. The Balaban J connectivity index is 1.53. The predicted molar refractivity (Wildman–Crippen MR) is 153 cm³/mol. The molecule has 0 saturated heterocycles. The molecule has 41 heavy (non-hydrogen) atoms. The second kappa shape index (κ2) is 13.8. The molecule has 1 amide bonds. The number of carbonyl (C=O) groups is 1. The molecule has 0 aliphatic carbocycles. The average Bonchev–Trinajstić information content (AvgIpc) is 3.40. The third-order valence-corrected chi connectivity index (χ3v) is 7.26. The standard InChI is InChI=1S/C31H32F4N4OS/c1-37(2)15-16-39(20-23-7-4-3-5-8-23)30(40)28-22-41-29(36-28)21-38(18-24-11-13-27(32)14-12-24)19-25-9-6-10-26(17-25)31(33,34)35/h3-14,17,22H,15-16,18-21H2,1-2H3. The van der Waals surface area contributed by atoms with Crippen molar-refractivity contribution >= 4 is 17.2 Å². The van der Waals surface area contributed by atoms with E-state index in [0.717, 1.165) is 23.3 Å². The van der Waals surface area contributed by atoms with Gasteiger partial charge in [0.1, 0.15) is 16.5 Å². The molecule has 0 aliphatic heterocycles. The minimum absolute atomic E-state index is 0.179. The van der Waals surface area contributed by atoms with Crippen LogP contribution in [0.2, 0.25) is 0 Å². The van der Waals surface area contributed by atoms with Crippen LogP contribution in [0, 0.1) is 5.82 Å². The number of rotatable bonds is 12. The van der Waals surface area contributed by atoms with Crippen molar-refractivity contribution in [3.8, 4) is 0 Å². The number of hydrogen-bond acceptors (Lipinski definition) is 5. The van der Waals surface area contributed by atoms with E-state index in [9.17, 15) is 22.4 Å². The smallest absolute Gasteiger partial charge is 0.332 e. The van der Waals surface area contributed by atoms with E-state index in [2.05, 4.69) is 4.98 Å². The SMILES string of the molecule is CN(C)CCN(Cc1ccccc1)C(=O)c1csc(CN(Cc2ccc(F)cc2)Cc2cccc(C(F)(F)F)c2)n1. The third kappa shape index (κ3) is 9.21. The Hall–Kier alpha value is -3.60. The molecule has 0 atom stereocenters. The molecule has 0 fully saturated rings. The van der Waals surface area contributed by atoms with Crippen molar-refractivity contribution in [2.75, 3.05) is 27.2 Å². The maximum Gasteiger partial charge on any atom is 0.416 e. The van der Waals surface area contributed by atoms with E-state index in [0.29, 0.717) is 49.0 Å². The number of amides is 1. The fourth-order valence-electron chi connectivity index (χ4n) is 4.33. The molecule has 0 aliphatic rings. The maximum atomic E-state index is 13.5. The van der Waals surface area contributed by atoms with Gasteiger partial charge < -0.3 is 9.80 Å². The van der Waals surface area contributed by atoms with Crippen LogP contribution in [0.25, 0.3) is 0 Å². The number of likely N-dealkylation sites (N-methyl/N-ethyl adjacent to an activating group) is 1. The Morgan fingerprint density at radius 1 is 0.805 bits per heavy atom. The van der Waals surface area contributed by atoms with Gasteiger partial charge in [-0.3, -0.25) is 9.69 Å². The van der Waals surface area contributed by atoms with E-state index in [1.54, 1.807) is 28.5 Å². The minimum atomic E-state index is -4.44. The summed E-state index contributed by atoms with van der Waals surface area (Å²) >= 11 is 1.33. The maximum absolute atomic E-state index is 13.5. The molecule has 4 aromatic rings. The van der Waals surface area contributed by atoms with E-state index < -0.39 is 11.7 Å². The van der Waals surface area contributed by atoms with Crippen molar-refractivity contribution in [2.24, 2.45) is 0 Å². The van der Waals surface area contributed by atoms with Crippen LogP contribution in [0.4, 0.5) is 17.6 Å². The van der Waals surface area contributed by atoms with Gasteiger partial charge in [-0.1, -0.05) is 60.7 Å². The van der Waals surface area contributed by atoms with Gasteiger partial charge in [-0.15, -0.1) is 11.3 Å². The van der Waals surface area contributed by atoms with Crippen molar-refractivity contribution in [3.05, 3.63) is 123 Å². The molecule has 4 rings (SSSR count). The molecular formula is C31H32F4N4OS. The Morgan fingerprint density at radius 2 is 1.46 bits per heavy atom. The molecule has 0 spiro atoms. The highest BCUT2D eigenvalue weighted by Crippen LogP contribution is 2.30. The largest absolute Gasteiger partial charge is 0.416 e. The molecule has 1 heterocycles. The molecule has 1 aromatic heterocycles. The first kappa shape index (κ1) is 30.4. The van der Waals surface area contributed by atoms with Gasteiger partial charge in [-0.25, -0.2) is 9.37 Å². The summed E-state index contributed by atoms with van der Waals surface area (Å²) < 4.78 is 53.5. The number of benzene rings is 3. The molecule has 0 bridgehead atoms. The van der Waals surface area contributed by atoms with E-state index in [1.165, 1.54) is 29.5 Å². The second-order valence-corrected chi connectivity index (χ2v) is 11.1. The average molecular weight is 585 g/mol. The number of hydrogen-bond donors (Lipinski definition) is 0. The van der Waals surface area contributed by atoms with Crippen LogP contribution < -0.4 is 0 Å². The molecule has 0 N–H and O–H groups in total. The third-order valence-electron chi connectivity index (χ3n) is 6.43. The lowest BCUT2D eigenvalue weighted by Gasteiger charge is -2.24. The first-order valence-electron chi connectivity index (χ1n) is 13.1. The van der Waals surface area contributed by atoms with E-state index in [4.69, 9.17) is 0 Å². The summed E-state index contributed by atoms with van der Waals surface area (Å²) in [5, 5.41) is 2.39. The summed E-state index contributed by atoms with van der Waals surface area (Å²) in [5.41, 5.74) is 1.94. The lowest BCUT2D eigenvalue weighted by Crippen LogP contribution is -2.36. The van der Waals surface area contributed by atoms with Crippen molar-refractivity contribution < 1.29 is 22.4 Å². The van der Waals surface area contributed by atoms with Gasteiger partial charge in [-0.05, 0) is 49.0 Å². The highest BCUT2D eigenvalue weighted by Gasteiger charge is 2.30. The van der Waals surface area contributed by atoms with Crippen LogP contribution in [0.3, 0.4) is 0 Å². The molecule has 5 nitrogen and oxygen atoms in total. The summed E-state index contributed by atoms with van der Waals surface area (Å²) in [5.74, 6) is -0.545. The van der Waals surface area contributed by atoms with E-state index in [1.807, 2.05) is 54.2 Å². The molecule has 0 saturated carbocycles. The fourth-order valence-corrected chi connectivity index (χ4v) is 5.14. The zero-order valence-electron chi connectivity index (χ0n) is 22.9. The molecular weight excluding hydrogens is 552 g/mol. The van der Waals surface area contributed by atoms with Gasteiger partial charge in [0.15, 0.2) is 0 Å². The topological polar surface area (TPSA) is 39.7 Å². The summed E-state index contributed by atoms with van der Waals surface area (Å²) in [6, 6.07) is 21.0. The Morgan fingerprint density at radius 3 is 2.15 bits per heavy atom. The van der Waals surface area contributed by atoms with Crippen molar-refractivity contribution in [1.82, 2.24) is 19.7 Å². The molecule has 0 unspecified atom stereocenters. The second-order valence-electron chi connectivity index (χ2n) is 10.1. The highest BCUT2D eigenvalue weighted by molar-refractivity contribution is 7.09. The molecule has 10 heteroatoms. The van der Waals surface area contributed by atoms with Gasteiger partial charge in [-0.2, -0.15) is 13.2 Å². The monoisotopic (exact) mass is 584 g/mol. The van der Waals surface area contributed by atoms with Gasteiger partial charge in [0.2, 0.25) is 0 Å². The Kier molecular flexibility index (Phi) is 10.3. The van der Waals surface area contributed by atoms with Crippen molar-refractivity contribution in [2.45, 2.75) is 32.4 Å². The van der Waals surface area contributed by atoms with Crippen LogP contribution in [-0.4, -0.2) is 52.8 Å². The van der Waals surface area contributed by atoms with Crippen LogP contribution in [0.5, 0.6) is 0 Å². The zero-order valence-corrected chi connectivity index (χ0v) is 23.8. The molecule has 216 valence electrons. The summed E-state index contributed by atoms with van der Waals surface area (Å²) in [6.45, 7) is 2.56. The number of aromatic nitrogens is 1. The van der Waals surface area contributed by atoms with Crippen LogP contribution >= 0.6 is 11.3 Å². The van der Waals surface area contributed by atoms with Crippen LogP contribution in [0.15, 0.2) is 84.2 Å². The van der Waals surface area contributed by atoms with E-state index in [-0.39, 0.29) is 18.3 Å². The first-order chi connectivity index (χ1) is 19.6. The Bertz CT molecular complexity index is 1410. The van der Waals surface area contributed by atoms with E-state index >= 15 is 0 Å². The molecule has 0 radical (unpaired) electrons. The fraction of sp³-hybridized carbons (Fsp3) is 0.290. The van der Waals surface area contributed by atoms with Crippen molar-refractivity contribution in [1.29, 1.82) is 0 Å². The number of carbonyl (C=O) groups excluding carboxylic acids is 1. The van der Waals surface area contributed by atoms with Gasteiger partial charge in [0.05, 0.1) is 12.1 Å². The lowest BCUT2D eigenvalue weighted by atomic mass is 10.1. The summed E-state index contributed by atoms with van der Waals surface area (Å²) in [4.78, 5) is 23.8. The summed E-state index contributed by atoms with van der Waals surface area (Å²) in [6.07, 6.45) is -4.44. The minimum Gasteiger partial charge on any atom is -0.332 e. The molecule has 3 aromatic carbocycles. The number of thiazole rings is 1. The van der Waals surface area contributed by atoms with Crippen LogP contribution in [-0.2, 0) is 32.4 Å². The van der Waals surface area contributed by atoms with Crippen LogP contribution in [0.1, 0.15) is 37.7 Å². The van der Waals surface area contributed by atoms with Gasteiger partial charge in [0.25, 0.3) is 5.91 Å². The summed E-state index contributed by atoms with van der Waals surface area (Å²) in [7, 11) is 3.90. The lowest BCUT2D eigenvalue weighted by molar-refractivity contribution is -0.137. The quantitative estimate of drug-likeness (QED) is 0.174. The number of halogens is 4. The number of nitrogens with zero attached hydrogens (tertiary/aromatic N) is 4. The zero-order chi connectivity index (χ0) is 29.4.